The zero-order chi connectivity index (χ0) is 10.5. The summed E-state index contributed by atoms with van der Waals surface area (Å²) in [6.07, 6.45) is 2.46. The highest BCUT2D eigenvalue weighted by atomic mass is 79.9. The van der Waals surface area contributed by atoms with Crippen LogP contribution in [0.5, 0.6) is 5.75 Å². The van der Waals surface area contributed by atoms with Gasteiger partial charge >= 0.3 is 0 Å². The van der Waals surface area contributed by atoms with Gasteiger partial charge in [-0.25, -0.2) is 0 Å². The van der Waals surface area contributed by atoms with Crippen LogP contribution in [0.3, 0.4) is 0 Å². The largest absolute Gasteiger partial charge is 0.493 e. The van der Waals surface area contributed by atoms with E-state index in [1.165, 1.54) is 12.8 Å². The van der Waals surface area contributed by atoms with Gasteiger partial charge in [0.15, 0.2) is 0 Å². The van der Waals surface area contributed by atoms with Crippen LogP contribution in [-0.2, 0) is 0 Å². The molecule has 2 rings (SSSR count). The summed E-state index contributed by atoms with van der Waals surface area (Å²) in [5.41, 5.74) is 0. The van der Waals surface area contributed by atoms with Crippen molar-refractivity contribution in [2.24, 2.45) is 5.92 Å². The van der Waals surface area contributed by atoms with Crippen molar-refractivity contribution in [2.45, 2.75) is 12.8 Å². The smallest absolute Gasteiger partial charge is 0.120 e. The molecule has 1 heterocycles. The van der Waals surface area contributed by atoms with Crippen molar-refractivity contribution in [1.82, 2.24) is 5.32 Å². The Hall–Kier alpha value is -0.250. The van der Waals surface area contributed by atoms with Gasteiger partial charge in [0.2, 0.25) is 0 Å². The number of ether oxygens (including phenoxy) is 1. The second kappa shape index (κ2) is 7.15. The highest BCUT2D eigenvalue weighted by Crippen LogP contribution is 2.20. The molecule has 0 bridgehead atoms. The molecule has 0 spiro atoms. The Balaban J connectivity index is 0.00000128. The van der Waals surface area contributed by atoms with Crippen molar-refractivity contribution in [1.29, 1.82) is 0 Å². The average molecular weight is 307 g/mol. The highest BCUT2D eigenvalue weighted by Gasteiger charge is 2.13. The molecule has 1 aliphatic heterocycles. The third kappa shape index (κ3) is 4.32. The number of benzene rings is 1. The lowest BCUT2D eigenvalue weighted by Gasteiger charge is -2.22. The minimum Gasteiger partial charge on any atom is -0.493 e. The van der Waals surface area contributed by atoms with Crippen LogP contribution in [0.25, 0.3) is 0 Å². The Morgan fingerprint density at radius 1 is 1.31 bits per heavy atom. The summed E-state index contributed by atoms with van der Waals surface area (Å²) in [5.74, 6) is 1.67. The van der Waals surface area contributed by atoms with E-state index in [0.717, 1.165) is 29.9 Å². The van der Waals surface area contributed by atoms with E-state index < -0.39 is 0 Å². The first-order valence-electron chi connectivity index (χ1n) is 5.44. The fraction of sp³-hybridized carbons (Fsp3) is 0.500. The van der Waals surface area contributed by atoms with Gasteiger partial charge < -0.3 is 10.1 Å². The Kier molecular flexibility index (Phi) is 6.17. The fourth-order valence-corrected chi connectivity index (χ4v) is 2.20. The quantitative estimate of drug-likeness (QED) is 0.925. The minimum atomic E-state index is 0. The minimum absolute atomic E-state index is 0. The molecule has 1 aromatic rings. The van der Waals surface area contributed by atoms with Crippen molar-refractivity contribution in [3.63, 3.8) is 0 Å². The summed E-state index contributed by atoms with van der Waals surface area (Å²) < 4.78 is 6.84. The van der Waals surface area contributed by atoms with Gasteiger partial charge in [-0.05, 0) is 50.0 Å². The molecule has 2 nitrogen and oxygen atoms in total. The standard InChI is InChI=1S/C12H16BrNO.ClH/c13-11-2-1-3-12(8-11)15-9-10-4-6-14-7-5-10;/h1-3,8,10,14H,4-7,9H2;1H. The van der Waals surface area contributed by atoms with Gasteiger partial charge in [-0.3, -0.25) is 0 Å². The lowest BCUT2D eigenvalue weighted by atomic mass is 9.99. The maximum Gasteiger partial charge on any atom is 0.120 e. The van der Waals surface area contributed by atoms with Crippen LogP contribution in [0.15, 0.2) is 28.7 Å². The van der Waals surface area contributed by atoms with E-state index in [0.29, 0.717) is 5.92 Å². The van der Waals surface area contributed by atoms with E-state index in [1.807, 2.05) is 24.3 Å². The fourth-order valence-electron chi connectivity index (χ4n) is 1.82. The van der Waals surface area contributed by atoms with Crippen LogP contribution >= 0.6 is 28.3 Å². The number of halogens is 2. The Morgan fingerprint density at radius 2 is 2.06 bits per heavy atom. The van der Waals surface area contributed by atoms with Gasteiger partial charge in [0.25, 0.3) is 0 Å². The molecule has 1 fully saturated rings. The van der Waals surface area contributed by atoms with Crippen molar-refractivity contribution in [2.75, 3.05) is 19.7 Å². The number of hydrogen-bond donors (Lipinski definition) is 1. The van der Waals surface area contributed by atoms with Crippen molar-refractivity contribution in [3.05, 3.63) is 28.7 Å². The maximum atomic E-state index is 5.77. The van der Waals surface area contributed by atoms with E-state index in [1.54, 1.807) is 0 Å². The van der Waals surface area contributed by atoms with Gasteiger partial charge in [0.05, 0.1) is 6.61 Å². The topological polar surface area (TPSA) is 21.3 Å². The SMILES string of the molecule is Brc1cccc(OCC2CCNCC2)c1.Cl. The molecular formula is C12H17BrClNO. The molecule has 1 saturated heterocycles. The van der Waals surface area contributed by atoms with Crippen LogP contribution in [0, 0.1) is 5.92 Å². The molecule has 1 aliphatic rings. The van der Waals surface area contributed by atoms with Crippen molar-refractivity contribution in [3.8, 4) is 5.75 Å². The second-order valence-corrected chi connectivity index (χ2v) is 4.88. The van der Waals surface area contributed by atoms with E-state index in [-0.39, 0.29) is 12.4 Å². The van der Waals surface area contributed by atoms with Gasteiger partial charge in [0, 0.05) is 4.47 Å². The number of nitrogens with one attached hydrogen (secondary N) is 1. The number of rotatable bonds is 3. The average Bonchev–Trinajstić information content (AvgIpc) is 2.28. The highest BCUT2D eigenvalue weighted by molar-refractivity contribution is 9.10. The van der Waals surface area contributed by atoms with Gasteiger partial charge in [-0.1, -0.05) is 22.0 Å². The summed E-state index contributed by atoms with van der Waals surface area (Å²) in [6.45, 7) is 3.11. The summed E-state index contributed by atoms with van der Waals surface area (Å²) >= 11 is 3.44. The Labute approximate surface area is 111 Å². The molecule has 0 saturated carbocycles. The summed E-state index contributed by atoms with van der Waals surface area (Å²) in [5, 5.41) is 3.36. The first kappa shape index (κ1) is 13.8. The van der Waals surface area contributed by atoms with Crippen LogP contribution < -0.4 is 10.1 Å². The monoisotopic (exact) mass is 305 g/mol. The van der Waals surface area contributed by atoms with Crippen molar-refractivity contribution < 1.29 is 4.74 Å². The summed E-state index contributed by atoms with van der Waals surface area (Å²) in [4.78, 5) is 0. The van der Waals surface area contributed by atoms with Crippen molar-refractivity contribution >= 4 is 28.3 Å². The van der Waals surface area contributed by atoms with E-state index >= 15 is 0 Å². The molecule has 4 heteroatoms. The predicted molar refractivity (Wildman–Crippen MR) is 72.5 cm³/mol. The van der Waals surface area contributed by atoms with Gasteiger partial charge in [-0.2, -0.15) is 0 Å². The van der Waals surface area contributed by atoms with Gasteiger partial charge in [-0.15, -0.1) is 12.4 Å². The number of hydrogen-bond acceptors (Lipinski definition) is 2. The molecule has 1 aromatic carbocycles. The van der Waals surface area contributed by atoms with E-state index in [4.69, 9.17) is 4.74 Å². The molecule has 1 N–H and O–H groups in total. The second-order valence-electron chi connectivity index (χ2n) is 3.96. The molecule has 0 amide bonds. The molecule has 0 aromatic heterocycles. The molecule has 90 valence electrons. The predicted octanol–water partition coefficient (Wildman–Crippen LogP) is 3.25. The third-order valence-corrected chi connectivity index (χ3v) is 3.23. The third-order valence-electron chi connectivity index (χ3n) is 2.74. The molecule has 0 atom stereocenters. The molecule has 0 aliphatic carbocycles. The Morgan fingerprint density at radius 3 is 2.75 bits per heavy atom. The summed E-state index contributed by atoms with van der Waals surface area (Å²) in [6, 6.07) is 8.03. The Bertz CT molecular complexity index is 316. The zero-order valence-electron chi connectivity index (χ0n) is 9.12. The summed E-state index contributed by atoms with van der Waals surface area (Å²) in [7, 11) is 0. The maximum absolute atomic E-state index is 5.77. The molecular weight excluding hydrogens is 289 g/mol. The van der Waals surface area contributed by atoms with Gasteiger partial charge in [0.1, 0.15) is 5.75 Å². The normalized spacial score (nSPS) is 16.6. The first-order chi connectivity index (χ1) is 7.34. The van der Waals surface area contributed by atoms with Crippen LogP contribution in [0.4, 0.5) is 0 Å². The lowest BCUT2D eigenvalue weighted by Crippen LogP contribution is -2.30. The van der Waals surface area contributed by atoms with Crippen LogP contribution in [0.2, 0.25) is 0 Å². The number of piperidine rings is 1. The first-order valence-corrected chi connectivity index (χ1v) is 6.23. The zero-order valence-corrected chi connectivity index (χ0v) is 11.5. The van der Waals surface area contributed by atoms with Crippen LogP contribution in [-0.4, -0.2) is 19.7 Å². The molecule has 0 unspecified atom stereocenters. The van der Waals surface area contributed by atoms with E-state index in [2.05, 4.69) is 21.2 Å². The lowest BCUT2D eigenvalue weighted by molar-refractivity contribution is 0.215. The molecule has 16 heavy (non-hydrogen) atoms. The van der Waals surface area contributed by atoms with E-state index in [9.17, 15) is 0 Å². The molecule has 0 radical (unpaired) electrons. The van der Waals surface area contributed by atoms with Crippen LogP contribution in [0.1, 0.15) is 12.8 Å².